The van der Waals surface area contributed by atoms with Gasteiger partial charge in [-0.2, -0.15) is 13.2 Å². The number of hydrogen-bond acceptors (Lipinski definition) is 2. The van der Waals surface area contributed by atoms with E-state index in [0.717, 1.165) is 38.1 Å². The van der Waals surface area contributed by atoms with Gasteiger partial charge in [-0.05, 0) is 50.6 Å². The lowest BCUT2D eigenvalue weighted by Gasteiger charge is -2.35. The van der Waals surface area contributed by atoms with Crippen molar-refractivity contribution in [2.45, 2.75) is 37.9 Å². The van der Waals surface area contributed by atoms with Crippen LogP contribution in [0.15, 0.2) is 24.3 Å². The third kappa shape index (κ3) is 5.18. The highest BCUT2D eigenvalue weighted by atomic mass is 35.5. The van der Waals surface area contributed by atoms with Crippen molar-refractivity contribution in [1.29, 1.82) is 0 Å². The van der Waals surface area contributed by atoms with Gasteiger partial charge in [-0.25, -0.2) is 0 Å². The molecule has 0 aliphatic carbocycles. The van der Waals surface area contributed by atoms with Crippen molar-refractivity contribution < 1.29 is 18.0 Å². The van der Waals surface area contributed by atoms with Gasteiger partial charge >= 0.3 is 6.18 Å². The minimum absolute atomic E-state index is 0. The van der Waals surface area contributed by atoms with Gasteiger partial charge in [-0.3, -0.25) is 4.79 Å². The summed E-state index contributed by atoms with van der Waals surface area (Å²) in [5, 5.41) is 6.21. The molecule has 7 heteroatoms. The molecule has 124 valence electrons. The zero-order valence-electron chi connectivity index (χ0n) is 12.3. The Hall–Kier alpha value is -1.27. The van der Waals surface area contributed by atoms with Crippen molar-refractivity contribution in [2.24, 2.45) is 0 Å². The van der Waals surface area contributed by atoms with Crippen molar-refractivity contribution >= 4 is 18.3 Å². The smallest absolute Gasteiger partial charge is 0.351 e. The Bertz CT molecular complexity index is 497. The van der Waals surface area contributed by atoms with Gasteiger partial charge in [0.2, 0.25) is 5.91 Å². The van der Waals surface area contributed by atoms with Gasteiger partial charge < -0.3 is 10.6 Å². The Morgan fingerprint density at radius 3 is 2.27 bits per heavy atom. The third-order valence-electron chi connectivity index (χ3n) is 3.79. The van der Waals surface area contributed by atoms with E-state index >= 15 is 0 Å². The topological polar surface area (TPSA) is 41.1 Å². The Morgan fingerprint density at radius 1 is 1.23 bits per heavy atom. The third-order valence-corrected chi connectivity index (χ3v) is 3.79. The van der Waals surface area contributed by atoms with Crippen molar-refractivity contribution in [1.82, 2.24) is 10.6 Å². The number of carbonyl (C=O) groups excluding carboxylic acids is 1. The maximum absolute atomic E-state index is 12.5. The molecule has 1 fully saturated rings. The van der Waals surface area contributed by atoms with Crippen LogP contribution >= 0.6 is 12.4 Å². The summed E-state index contributed by atoms with van der Waals surface area (Å²) in [7, 11) is 0. The van der Waals surface area contributed by atoms with Crippen molar-refractivity contribution in [3.8, 4) is 0 Å². The summed E-state index contributed by atoms with van der Waals surface area (Å²) < 4.78 is 37.4. The fourth-order valence-electron chi connectivity index (χ4n) is 2.48. The van der Waals surface area contributed by atoms with Gasteiger partial charge in [0, 0.05) is 5.54 Å². The van der Waals surface area contributed by atoms with E-state index in [9.17, 15) is 18.0 Å². The normalized spacial score (nSPS) is 17.5. The summed E-state index contributed by atoms with van der Waals surface area (Å²) in [5.74, 6) is -0.154. The molecule has 1 aromatic rings. The molecule has 1 amide bonds. The summed E-state index contributed by atoms with van der Waals surface area (Å²) in [4.78, 5) is 12.0. The minimum Gasteiger partial charge on any atom is -0.351 e. The molecule has 2 rings (SSSR count). The molecule has 2 N–H and O–H groups in total. The second kappa shape index (κ2) is 7.33. The SMILES string of the molecule is CC1(NC(=O)Cc2ccc(C(F)(F)F)cc2)CCNCC1.Cl. The number of halogens is 4. The fraction of sp³-hybridized carbons (Fsp3) is 0.533. The zero-order chi connectivity index (χ0) is 15.5. The number of benzene rings is 1. The van der Waals surface area contributed by atoms with E-state index in [0.29, 0.717) is 5.56 Å². The molecule has 1 aliphatic rings. The van der Waals surface area contributed by atoms with Gasteiger partial charge in [-0.1, -0.05) is 12.1 Å². The van der Waals surface area contributed by atoms with Crippen LogP contribution in [0.3, 0.4) is 0 Å². The predicted molar refractivity (Wildman–Crippen MR) is 81.0 cm³/mol. The number of alkyl halides is 3. The number of nitrogens with one attached hydrogen (secondary N) is 2. The maximum Gasteiger partial charge on any atom is 0.416 e. The van der Waals surface area contributed by atoms with E-state index in [-0.39, 0.29) is 30.3 Å². The average molecular weight is 337 g/mol. The lowest BCUT2D eigenvalue weighted by molar-refractivity contribution is -0.137. The van der Waals surface area contributed by atoms with Crippen molar-refractivity contribution in [3.05, 3.63) is 35.4 Å². The molecule has 0 spiro atoms. The Kier molecular flexibility index (Phi) is 6.26. The molecule has 1 heterocycles. The first-order chi connectivity index (χ1) is 9.78. The maximum atomic E-state index is 12.5. The van der Waals surface area contributed by atoms with E-state index in [1.807, 2.05) is 6.92 Å². The first kappa shape index (κ1) is 18.8. The fourth-order valence-corrected chi connectivity index (χ4v) is 2.48. The van der Waals surface area contributed by atoms with E-state index < -0.39 is 11.7 Å². The Labute approximate surface area is 134 Å². The standard InChI is InChI=1S/C15H19F3N2O.ClH/c1-14(6-8-19-9-7-14)20-13(21)10-11-2-4-12(5-3-11)15(16,17)18;/h2-5,19H,6-10H2,1H3,(H,20,21);1H. The van der Waals surface area contributed by atoms with Gasteiger partial charge in [0.05, 0.1) is 12.0 Å². The number of amides is 1. The van der Waals surface area contributed by atoms with Crippen LogP contribution in [-0.2, 0) is 17.4 Å². The molecule has 0 atom stereocenters. The summed E-state index contributed by atoms with van der Waals surface area (Å²) in [6.45, 7) is 3.71. The molecule has 22 heavy (non-hydrogen) atoms. The minimum atomic E-state index is -4.34. The van der Waals surface area contributed by atoms with Gasteiger partial charge in [0.1, 0.15) is 0 Å². The lowest BCUT2D eigenvalue weighted by atomic mass is 9.90. The van der Waals surface area contributed by atoms with Crippen LogP contribution in [0.2, 0.25) is 0 Å². The Balaban J connectivity index is 0.00000242. The molecular weight excluding hydrogens is 317 g/mol. The van der Waals surface area contributed by atoms with Gasteiger partial charge in [0.25, 0.3) is 0 Å². The predicted octanol–water partition coefficient (Wildman–Crippen LogP) is 2.93. The van der Waals surface area contributed by atoms with Crippen LogP contribution in [0.25, 0.3) is 0 Å². The van der Waals surface area contributed by atoms with E-state index in [2.05, 4.69) is 10.6 Å². The summed E-state index contributed by atoms with van der Waals surface area (Å²) in [6, 6.07) is 4.73. The van der Waals surface area contributed by atoms with Crippen LogP contribution in [0.4, 0.5) is 13.2 Å². The van der Waals surface area contributed by atoms with Gasteiger partial charge in [-0.15, -0.1) is 12.4 Å². The molecular formula is C15H20ClF3N2O. The van der Waals surface area contributed by atoms with E-state index in [4.69, 9.17) is 0 Å². The van der Waals surface area contributed by atoms with E-state index in [1.165, 1.54) is 12.1 Å². The lowest BCUT2D eigenvalue weighted by Crippen LogP contribution is -2.52. The number of hydrogen-bond donors (Lipinski definition) is 2. The first-order valence-electron chi connectivity index (χ1n) is 6.96. The molecule has 0 radical (unpaired) electrons. The zero-order valence-corrected chi connectivity index (χ0v) is 13.1. The summed E-state index contributed by atoms with van der Waals surface area (Å²) in [5.41, 5.74) is -0.344. The number of rotatable bonds is 3. The molecule has 0 saturated carbocycles. The monoisotopic (exact) mass is 336 g/mol. The number of piperidine rings is 1. The highest BCUT2D eigenvalue weighted by Gasteiger charge is 2.30. The number of carbonyl (C=O) groups is 1. The van der Waals surface area contributed by atoms with Crippen molar-refractivity contribution in [2.75, 3.05) is 13.1 Å². The molecule has 1 aromatic carbocycles. The summed E-state index contributed by atoms with van der Waals surface area (Å²) >= 11 is 0. The quantitative estimate of drug-likeness (QED) is 0.891. The van der Waals surface area contributed by atoms with Crippen molar-refractivity contribution in [3.63, 3.8) is 0 Å². The van der Waals surface area contributed by atoms with Gasteiger partial charge in [0.15, 0.2) is 0 Å². The molecule has 3 nitrogen and oxygen atoms in total. The summed E-state index contributed by atoms with van der Waals surface area (Å²) in [6.07, 6.45) is -2.54. The molecule has 0 aromatic heterocycles. The largest absolute Gasteiger partial charge is 0.416 e. The Morgan fingerprint density at radius 2 is 1.77 bits per heavy atom. The van der Waals surface area contributed by atoms with E-state index in [1.54, 1.807) is 0 Å². The second-order valence-corrected chi connectivity index (χ2v) is 5.73. The molecule has 0 unspecified atom stereocenters. The average Bonchev–Trinajstić information content (AvgIpc) is 2.38. The van der Waals surface area contributed by atoms with Crippen LogP contribution in [0.5, 0.6) is 0 Å². The van der Waals surface area contributed by atoms with Crippen LogP contribution in [0, 0.1) is 0 Å². The molecule has 1 saturated heterocycles. The van der Waals surface area contributed by atoms with Crippen LogP contribution in [0.1, 0.15) is 30.9 Å². The highest BCUT2D eigenvalue weighted by Crippen LogP contribution is 2.29. The molecule has 1 aliphatic heterocycles. The second-order valence-electron chi connectivity index (χ2n) is 5.73. The van der Waals surface area contributed by atoms with Crippen LogP contribution in [-0.4, -0.2) is 24.5 Å². The first-order valence-corrected chi connectivity index (χ1v) is 6.96. The van der Waals surface area contributed by atoms with Crippen LogP contribution < -0.4 is 10.6 Å². The molecule has 0 bridgehead atoms. The highest BCUT2D eigenvalue weighted by molar-refractivity contribution is 5.85.